The van der Waals surface area contributed by atoms with Gasteiger partial charge in [0.05, 0.1) is 19.4 Å². The molecule has 128 valence electrons. The molecule has 3 aliphatic rings. The molecule has 0 aromatic carbocycles. The van der Waals surface area contributed by atoms with Crippen LogP contribution in [0.5, 0.6) is 0 Å². The molecule has 7 nitrogen and oxygen atoms in total. The van der Waals surface area contributed by atoms with Crippen LogP contribution in [0.2, 0.25) is 5.28 Å². The standard InChI is InChI=1S/C16H19ClN4O3/c17-14-18-9-12-13(19-14)21(15(22)20(12)10-1-2-10)11-3-5-16(6-4-11)23-7-8-24-16/h9-11H,1-8H2. The average molecular weight is 351 g/mol. The van der Waals surface area contributed by atoms with E-state index in [1.807, 2.05) is 9.13 Å². The van der Waals surface area contributed by atoms with Gasteiger partial charge in [0, 0.05) is 24.9 Å². The largest absolute Gasteiger partial charge is 0.348 e. The molecule has 0 radical (unpaired) electrons. The predicted octanol–water partition coefficient (Wildman–Crippen LogP) is 2.44. The summed E-state index contributed by atoms with van der Waals surface area (Å²) in [5, 5.41) is 0.180. The van der Waals surface area contributed by atoms with Crippen LogP contribution >= 0.6 is 11.6 Å². The number of halogens is 1. The monoisotopic (exact) mass is 350 g/mol. The number of rotatable bonds is 2. The number of imidazole rings is 1. The van der Waals surface area contributed by atoms with E-state index in [0.717, 1.165) is 44.0 Å². The zero-order valence-corrected chi connectivity index (χ0v) is 14.0. The molecule has 0 unspecified atom stereocenters. The van der Waals surface area contributed by atoms with Gasteiger partial charge in [-0.15, -0.1) is 0 Å². The lowest BCUT2D eigenvalue weighted by Crippen LogP contribution is -2.38. The van der Waals surface area contributed by atoms with Crippen molar-refractivity contribution < 1.29 is 9.47 Å². The van der Waals surface area contributed by atoms with Crippen LogP contribution < -0.4 is 5.69 Å². The summed E-state index contributed by atoms with van der Waals surface area (Å²) >= 11 is 6.00. The smallest absolute Gasteiger partial charge is 0.330 e. The van der Waals surface area contributed by atoms with Gasteiger partial charge in [0.25, 0.3) is 0 Å². The summed E-state index contributed by atoms with van der Waals surface area (Å²) in [4.78, 5) is 21.5. The number of fused-ring (bicyclic) bond motifs is 1. The summed E-state index contributed by atoms with van der Waals surface area (Å²) < 4.78 is 15.3. The first-order valence-electron chi connectivity index (χ1n) is 8.60. The second-order valence-electron chi connectivity index (χ2n) is 6.94. The number of nitrogens with zero attached hydrogens (tertiary/aromatic N) is 4. The molecule has 8 heteroatoms. The summed E-state index contributed by atoms with van der Waals surface area (Å²) in [6.45, 7) is 1.32. The van der Waals surface area contributed by atoms with Crippen molar-refractivity contribution >= 4 is 22.8 Å². The van der Waals surface area contributed by atoms with Crippen LogP contribution in [-0.2, 0) is 9.47 Å². The Morgan fingerprint density at radius 1 is 1.08 bits per heavy atom. The van der Waals surface area contributed by atoms with Crippen molar-refractivity contribution in [3.05, 3.63) is 22.0 Å². The highest BCUT2D eigenvalue weighted by molar-refractivity contribution is 6.28. The molecule has 2 aliphatic carbocycles. The zero-order valence-electron chi connectivity index (χ0n) is 13.3. The fourth-order valence-electron chi connectivity index (χ4n) is 4.10. The third-order valence-corrected chi connectivity index (χ3v) is 5.61. The van der Waals surface area contributed by atoms with Gasteiger partial charge in [-0.05, 0) is 37.3 Å². The Hall–Kier alpha value is -1.44. The van der Waals surface area contributed by atoms with E-state index in [1.54, 1.807) is 6.20 Å². The maximum Gasteiger partial charge on any atom is 0.330 e. The van der Waals surface area contributed by atoms with Crippen LogP contribution in [0.4, 0.5) is 0 Å². The quantitative estimate of drug-likeness (QED) is 0.778. The highest BCUT2D eigenvalue weighted by Gasteiger charge is 2.42. The van der Waals surface area contributed by atoms with Gasteiger partial charge in [0.1, 0.15) is 5.52 Å². The van der Waals surface area contributed by atoms with Gasteiger partial charge in [0.15, 0.2) is 11.4 Å². The summed E-state index contributed by atoms with van der Waals surface area (Å²) in [6, 6.07) is 0.381. The molecule has 3 fully saturated rings. The van der Waals surface area contributed by atoms with Crippen molar-refractivity contribution in [1.82, 2.24) is 19.1 Å². The average Bonchev–Trinajstić information content (AvgIpc) is 3.24. The molecular formula is C16H19ClN4O3. The van der Waals surface area contributed by atoms with Crippen molar-refractivity contribution in [2.45, 2.75) is 56.4 Å². The minimum absolute atomic E-state index is 0.0123. The Kier molecular flexibility index (Phi) is 3.27. The molecule has 2 aromatic rings. The Balaban J connectivity index is 1.56. The van der Waals surface area contributed by atoms with Gasteiger partial charge in [-0.1, -0.05) is 0 Å². The van der Waals surface area contributed by atoms with E-state index in [9.17, 15) is 4.79 Å². The van der Waals surface area contributed by atoms with E-state index in [2.05, 4.69) is 9.97 Å². The minimum Gasteiger partial charge on any atom is -0.348 e. The molecule has 3 heterocycles. The lowest BCUT2D eigenvalue weighted by atomic mass is 9.90. The molecule has 2 aromatic heterocycles. The summed E-state index contributed by atoms with van der Waals surface area (Å²) in [6.07, 6.45) is 7.04. The molecule has 0 amide bonds. The van der Waals surface area contributed by atoms with Gasteiger partial charge in [-0.25, -0.2) is 9.78 Å². The molecule has 1 spiro atoms. The third-order valence-electron chi connectivity index (χ3n) is 5.43. The molecule has 1 aliphatic heterocycles. The Labute approximate surface area is 143 Å². The molecule has 1 saturated heterocycles. The first kappa shape index (κ1) is 14.9. The first-order valence-corrected chi connectivity index (χ1v) is 8.98. The van der Waals surface area contributed by atoms with E-state index in [4.69, 9.17) is 21.1 Å². The molecule has 24 heavy (non-hydrogen) atoms. The van der Waals surface area contributed by atoms with E-state index in [1.165, 1.54) is 0 Å². The van der Waals surface area contributed by atoms with E-state index in [-0.39, 0.29) is 23.1 Å². The lowest BCUT2D eigenvalue weighted by molar-refractivity contribution is -0.181. The van der Waals surface area contributed by atoms with Crippen molar-refractivity contribution in [1.29, 1.82) is 0 Å². The van der Waals surface area contributed by atoms with Crippen molar-refractivity contribution in [3.8, 4) is 0 Å². The van der Waals surface area contributed by atoms with Gasteiger partial charge < -0.3 is 9.47 Å². The first-order chi connectivity index (χ1) is 11.7. The van der Waals surface area contributed by atoms with Gasteiger partial charge in [-0.3, -0.25) is 9.13 Å². The second-order valence-corrected chi connectivity index (χ2v) is 7.28. The molecule has 0 atom stereocenters. The van der Waals surface area contributed by atoms with Crippen molar-refractivity contribution in [2.75, 3.05) is 13.2 Å². The number of ether oxygens (including phenoxy) is 2. The van der Waals surface area contributed by atoms with E-state index < -0.39 is 5.79 Å². The Morgan fingerprint density at radius 3 is 2.42 bits per heavy atom. The summed E-state index contributed by atoms with van der Waals surface area (Å²) in [5.41, 5.74) is 1.46. The second kappa shape index (κ2) is 5.28. The minimum atomic E-state index is -0.429. The fourth-order valence-corrected chi connectivity index (χ4v) is 4.23. The molecule has 5 rings (SSSR count). The molecule has 0 N–H and O–H groups in total. The van der Waals surface area contributed by atoms with Gasteiger partial charge in [0.2, 0.25) is 5.28 Å². The Morgan fingerprint density at radius 2 is 1.75 bits per heavy atom. The van der Waals surface area contributed by atoms with Crippen molar-refractivity contribution in [3.63, 3.8) is 0 Å². The topological polar surface area (TPSA) is 71.2 Å². The molecular weight excluding hydrogens is 332 g/mol. The zero-order chi connectivity index (χ0) is 16.3. The van der Waals surface area contributed by atoms with Crippen LogP contribution in [0.1, 0.15) is 50.6 Å². The molecule has 2 saturated carbocycles. The Bertz CT molecular complexity index is 841. The highest BCUT2D eigenvalue weighted by atomic mass is 35.5. The lowest BCUT2D eigenvalue weighted by Gasteiger charge is -2.35. The van der Waals surface area contributed by atoms with Crippen LogP contribution in [0.25, 0.3) is 11.2 Å². The van der Waals surface area contributed by atoms with E-state index in [0.29, 0.717) is 18.9 Å². The highest BCUT2D eigenvalue weighted by Crippen LogP contribution is 2.41. The van der Waals surface area contributed by atoms with Gasteiger partial charge >= 0.3 is 5.69 Å². The number of hydrogen-bond acceptors (Lipinski definition) is 5. The van der Waals surface area contributed by atoms with Crippen molar-refractivity contribution in [2.24, 2.45) is 0 Å². The van der Waals surface area contributed by atoms with E-state index >= 15 is 0 Å². The van der Waals surface area contributed by atoms with Crippen LogP contribution in [-0.4, -0.2) is 38.1 Å². The normalized spacial score (nSPS) is 24.2. The maximum atomic E-state index is 13.0. The number of hydrogen-bond donors (Lipinski definition) is 0. The van der Waals surface area contributed by atoms with Crippen LogP contribution in [0, 0.1) is 0 Å². The van der Waals surface area contributed by atoms with Crippen LogP contribution in [0.3, 0.4) is 0 Å². The predicted molar refractivity (Wildman–Crippen MR) is 87.2 cm³/mol. The van der Waals surface area contributed by atoms with Crippen LogP contribution in [0.15, 0.2) is 11.0 Å². The summed E-state index contributed by atoms with van der Waals surface area (Å²) in [5.74, 6) is -0.429. The SMILES string of the molecule is O=c1n(C2CC2)c2cnc(Cl)nc2n1C1CCC2(CC1)OCCO2. The van der Waals surface area contributed by atoms with Gasteiger partial charge in [-0.2, -0.15) is 4.98 Å². The fraction of sp³-hybridized carbons (Fsp3) is 0.688. The number of aromatic nitrogens is 4. The molecule has 0 bridgehead atoms. The summed E-state index contributed by atoms with van der Waals surface area (Å²) in [7, 11) is 0. The third kappa shape index (κ3) is 2.22. The maximum absolute atomic E-state index is 13.0.